The largest absolute Gasteiger partial charge is 0.503 e. The standard InChI is InChI=1S/C27H25NO6/c1-32-21-14-12-17(13-15-21)23-24(18-8-10-19(11-9-18)27(31)34-3)28(26(30)25(23)29)16-20-6-4-5-7-22(20)33-2/h4-15,24,29H,16H2,1-3H3/t24-/m1/s1. The second-order valence-corrected chi connectivity index (χ2v) is 7.75. The van der Waals surface area contributed by atoms with Crippen LogP contribution in [0.2, 0.25) is 0 Å². The smallest absolute Gasteiger partial charge is 0.337 e. The minimum atomic E-state index is -0.586. The molecule has 3 aromatic rings. The van der Waals surface area contributed by atoms with Gasteiger partial charge < -0.3 is 24.2 Å². The van der Waals surface area contributed by atoms with Gasteiger partial charge in [0, 0.05) is 11.1 Å². The van der Waals surface area contributed by atoms with Crippen LogP contribution in [0.25, 0.3) is 5.57 Å². The van der Waals surface area contributed by atoms with Crippen LogP contribution in [-0.2, 0) is 16.1 Å². The first kappa shape index (κ1) is 22.9. The van der Waals surface area contributed by atoms with E-state index in [1.807, 2.05) is 24.3 Å². The number of esters is 1. The average Bonchev–Trinajstić information content (AvgIpc) is 3.13. The second kappa shape index (κ2) is 9.70. The minimum Gasteiger partial charge on any atom is -0.503 e. The van der Waals surface area contributed by atoms with Gasteiger partial charge in [-0.2, -0.15) is 0 Å². The Hall–Kier alpha value is -4.26. The summed E-state index contributed by atoms with van der Waals surface area (Å²) in [5.74, 6) is 0.0556. The summed E-state index contributed by atoms with van der Waals surface area (Å²) in [7, 11) is 4.47. The molecular weight excluding hydrogens is 434 g/mol. The van der Waals surface area contributed by atoms with Crippen LogP contribution in [-0.4, -0.2) is 43.2 Å². The van der Waals surface area contributed by atoms with Gasteiger partial charge in [0.05, 0.1) is 39.5 Å². The Bertz CT molecular complexity index is 1230. The Morgan fingerprint density at radius 3 is 2.21 bits per heavy atom. The third kappa shape index (κ3) is 4.20. The lowest BCUT2D eigenvalue weighted by Crippen LogP contribution is -2.30. The summed E-state index contributed by atoms with van der Waals surface area (Å²) >= 11 is 0. The summed E-state index contributed by atoms with van der Waals surface area (Å²) in [5, 5.41) is 11.0. The molecule has 0 aliphatic carbocycles. The Morgan fingerprint density at radius 2 is 1.59 bits per heavy atom. The number of aliphatic hydroxyl groups is 1. The van der Waals surface area contributed by atoms with Gasteiger partial charge in [-0.3, -0.25) is 4.79 Å². The molecule has 3 aromatic carbocycles. The molecule has 1 N–H and O–H groups in total. The van der Waals surface area contributed by atoms with Gasteiger partial charge in [-0.25, -0.2) is 4.79 Å². The number of rotatable bonds is 7. The number of nitrogens with zero attached hydrogens (tertiary/aromatic N) is 1. The molecule has 1 aliphatic rings. The van der Waals surface area contributed by atoms with Gasteiger partial charge in [0.2, 0.25) is 0 Å². The van der Waals surface area contributed by atoms with E-state index in [1.165, 1.54) is 7.11 Å². The molecule has 0 unspecified atom stereocenters. The predicted octanol–water partition coefficient (Wildman–Crippen LogP) is 4.54. The fraction of sp³-hybridized carbons (Fsp3) is 0.185. The van der Waals surface area contributed by atoms with Crippen molar-refractivity contribution in [1.82, 2.24) is 4.90 Å². The van der Waals surface area contributed by atoms with Crippen LogP contribution >= 0.6 is 0 Å². The molecule has 0 spiro atoms. The number of hydrogen-bond donors (Lipinski definition) is 1. The minimum absolute atomic E-state index is 0.218. The van der Waals surface area contributed by atoms with Crippen LogP contribution in [0.5, 0.6) is 11.5 Å². The first-order chi connectivity index (χ1) is 16.5. The van der Waals surface area contributed by atoms with Crippen molar-refractivity contribution in [2.24, 2.45) is 0 Å². The summed E-state index contributed by atoms with van der Waals surface area (Å²) in [6.07, 6.45) is 0. The van der Waals surface area contributed by atoms with Gasteiger partial charge in [-0.15, -0.1) is 0 Å². The zero-order chi connectivity index (χ0) is 24.2. The second-order valence-electron chi connectivity index (χ2n) is 7.75. The van der Waals surface area contributed by atoms with E-state index in [0.29, 0.717) is 28.2 Å². The van der Waals surface area contributed by atoms with Crippen molar-refractivity contribution >= 4 is 17.4 Å². The quantitative estimate of drug-likeness (QED) is 0.522. The van der Waals surface area contributed by atoms with Crippen molar-refractivity contribution in [1.29, 1.82) is 0 Å². The highest BCUT2D eigenvalue weighted by Crippen LogP contribution is 2.44. The zero-order valence-electron chi connectivity index (χ0n) is 19.1. The van der Waals surface area contributed by atoms with Crippen molar-refractivity contribution in [2.45, 2.75) is 12.6 Å². The molecule has 4 rings (SSSR count). The highest BCUT2D eigenvalue weighted by molar-refractivity contribution is 6.05. The topological polar surface area (TPSA) is 85.3 Å². The third-order valence-electron chi connectivity index (χ3n) is 5.89. The number of benzene rings is 3. The van der Waals surface area contributed by atoms with Gasteiger partial charge in [-0.05, 0) is 41.5 Å². The molecular formula is C27H25NO6. The van der Waals surface area contributed by atoms with Gasteiger partial charge in [0.15, 0.2) is 5.76 Å². The highest BCUT2D eigenvalue weighted by atomic mass is 16.5. The van der Waals surface area contributed by atoms with Crippen molar-refractivity contribution in [2.75, 3.05) is 21.3 Å². The number of aliphatic hydroxyl groups excluding tert-OH is 1. The molecule has 0 saturated carbocycles. The molecule has 7 heteroatoms. The van der Waals surface area contributed by atoms with Gasteiger partial charge >= 0.3 is 5.97 Å². The monoisotopic (exact) mass is 459 g/mol. The molecule has 174 valence electrons. The summed E-state index contributed by atoms with van der Waals surface area (Å²) in [6, 6.07) is 20.8. The Morgan fingerprint density at radius 1 is 0.912 bits per heavy atom. The number of ether oxygens (including phenoxy) is 3. The van der Waals surface area contributed by atoms with E-state index >= 15 is 0 Å². The average molecular weight is 459 g/mol. The van der Waals surface area contributed by atoms with Crippen molar-refractivity contribution < 1.29 is 28.9 Å². The van der Waals surface area contributed by atoms with Crippen molar-refractivity contribution in [3.05, 3.63) is 101 Å². The Balaban J connectivity index is 1.80. The van der Waals surface area contributed by atoms with E-state index in [-0.39, 0.29) is 12.3 Å². The summed E-state index contributed by atoms with van der Waals surface area (Å²) < 4.78 is 15.5. The molecule has 34 heavy (non-hydrogen) atoms. The third-order valence-corrected chi connectivity index (χ3v) is 5.89. The molecule has 0 radical (unpaired) electrons. The molecule has 0 fully saturated rings. The lowest BCUT2D eigenvalue weighted by atomic mass is 9.92. The number of amides is 1. The molecule has 0 bridgehead atoms. The molecule has 1 aliphatic heterocycles. The first-order valence-corrected chi connectivity index (χ1v) is 10.7. The zero-order valence-corrected chi connectivity index (χ0v) is 19.1. The van der Waals surface area contributed by atoms with E-state index < -0.39 is 17.9 Å². The molecule has 1 amide bonds. The van der Waals surface area contributed by atoms with Crippen molar-refractivity contribution in [3.63, 3.8) is 0 Å². The molecule has 1 heterocycles. The summed E-state index contributed by atoms with van der Waals surface area (Å²) in [5.41, 5.74) is 3.11. The summed E-state index contributed by atoms with van der Waals surface area (Å²) in [6.45, 7) is 0.218. The Kier molecular flexibility index (Phi) is 6.54. The summed E-state index contributed by atoms with van der Waals surface area (Å²) in [4.78, 5) is 26.8. The van der Waals surface area contributed by atoms with Gasteiger partial charge in [0.25, 0.3) is 5.91 Å². The molecule has 0 saturated heterocycles. The van der Waals surface area contributed by atoms with Gasteiger partial charge in [0.1, 0.15) is 11.5 Å². The van der Waals surface area contributed by atoms with Crippen LogP contribution in [0, 0.1) is 0 Å². The Labute approximate surface area is 197 Å². The predicted molar refractivity (Wildman–Crippen MR) is 127 cm³/mol. The maximum Gasteiger partial charge on any atom is 0.337 e. The van der Waals surface area contributed by atoms with Gasteiger partial charge in [-0.1, -0.05) is 42.5 Å². The van der Waals surface area contributed by atoms with Crippen molar-refractivity contribution in [3.8, 4) is 11.5 Å². The van der Waals surface area contributed by atoms with Crippen LogP contribution in [0.4, 0.5) is 0 Å². The number of carbonyl (C=O) groups is 2. The van der Waals surface area contributed by atoms with E-state index in [1.54, 1.807) is 67.7 Å². The molecule has 7 nitrogen and oxygen atoms in total. The van der Waals surface area contributed by atoms with Crippen LogP contribution < -0.4 is 9.47 Å². The fourth-order valence-electron chi connectivity index (χ4n) is 4.17. The van der Waals surface area contributed by atoms with Crippen LogP contribution in [0.3, 0.4) is 0 Å². The molecule has 0 aromatic heterocycles. The van der Waals surface area contributed by atoms with Crippen LogP contribution in [0.15, 0.2) is 78.6 Å². The van der Waals surface area contributed by atoms with E-state index in [9.17, 15) is 14.7 Å². The van der Waals surface area contributed by atoms with E-state index in [4.69, 9.17) is 14.2 Å². The number of methoxy groups -OCH3 is 3. The highest BCUT2D eigenvalue weighted by Gasteiger charge is 2.41. The number of carbonyl (C=O) groups excluding carboxylic acids is 2. The number of hydrogen-bond acceptors (Lipinski definition) is 6. The normalized spacial score (nSPS) is 15.4. The SMILES string of the molecule is COC(=O)c1ccc([C@@H]2C(c3ccc(OC)cc3)=C(O)C(=O)N2Cc2ccccc2OC)cc1. The molecule has 1 atom stereocenters. The number of para-hydroxylation sites is 1. The van der Waals surface area contributed by atoms with E-state index in [0.717, 1.165) is 11.1 Å². The fourth-order valence-corrected chi connectivity index (χ4v) is 4.17. The van der Waals surface area contributed by atoms with E-state index in [2.05, 4.69) is 0 Å². The first-order valence-electron chi connectivity index (χ1n) is 10.7. The lowest BCUT2D eigenvalue weighted by Gasteiger charge is -2.28. The lowest BCUT2D eigenvalue weighted by molar-refractivity contribution is -0.130. The van der Waals surface area contributed by atoms with Crippen LogP contribution in [0.1, 0.15) is 33.1 Å². The maximum atomic E-state index is 13.3. The maximum absolute atomic E-state index is 13.3.